The second-order valence-corrected chi connectivity index (χ2v) is 6.88. The van der Waals surface area contributed by atoms with Crippen molar-refractivity contribution in [2.24, 2.45) is 0 Å². The Morgan fingerprint density at radius 2 is 2.12 bits per heavy atom. The number of amides is 2. The molecule has 1 aromatic carbocycles. The topological polar surface area (TPSA) is 53.6 Å². The highest BCUT2D eigenvalue weighted by atomic mass is 35.5. The van der Waals surface area contributed by atoms with E-state index in [-0.39, 0.29) is 28.9 Å². The van der Waals surface area contributed by atoms with E-state index in [4.69, 9.17) is 16.3 Å². The van der Waals surface area contributed by atoms with Gasteiger partial charge in [0.25, 0.3) is 0 Å². The predicted molar refractivity (Wildman–Crippen MR) is 87.8 cm³/mol. The molecule has 3 rings (SSSR count). The maximum atomic E-state index is 12.8. The van der Waals surface area contributed by atoms with Crippen LogP contribution >= 0.6 is 11.6 Å². The Bertz CT molecular complexity index is 656. The molecule has 9 heteroatoms. The largest absolute Gasteiger partial charge is 0.416 e. The van der Waals surface area contributed by atoms with Crippen molar-refractivity contribution in [1.29, 1.82) is 0 Å². The van der Waals surface area contributed by atoms with Crippen molar-refractivity contribution in [3.63, 3.8) is 0 Å². The van der Waals surface area contributed by atoms with Crippen molar-refractivity contribution in [2.75, 3.05) is 25.0 Å². The highest BCUT2D eigenvalue weighted by molar-refractivity contribution is 6.33. The normalized spacial score (nSPS) is 27.0. The zero-order valence-electron chi connectivity index (χ0n) is 13.6. The fourth-order valence-corrected chi connectivity index (χ4v) is 3.45. The van der Waals surface area contributed by atoms with E-state index in [0.717, 1.165) is 31.2 Å². The first kappa shape index (κ1) is 18.3. The molecular weight excluding hydrogens is 359 g/mol. The van der Waals surface area contributed by atoms with Gasteiger partial charge in [-0.25, -0.2) is 4.79 Å². The standard InChI is InChI=1S/C16H19ClF3N3O2/c1-9-6-23-7-11(5-12(23)8-25-9)21-15(24)22-14-4-10(16(18,19)20)2-3-13(14)17/h2-4,9,11-12H,5-8H2,1H3,(H2,21,22,24)/t9-,11+,12+/m1/s1. The Morgan fingerprint density at radius 1 is 1.36 bits per heavy atom. The fraction of sp³-hybridized carbons (Fsp3) is 0.562. The van der Waals surface area contributed by atoms with Gasteiger partial charge in [0.05, 0.1) is 29.0 Å². The van der Waals surface area contributed by atoms with Crippen LogP contribution in [0.1, 0.15) is 18.9 Å². The minimum atomic E-state index is -4.50. The number of rotatable bonds is 2. The third-order valence-corrected chi connectivity index (χ3v) is 4.80. The first-order chi connectivity index (χ1) is 11.7. The van der Waals surface area contributed by atoms with Crippen LogP contribution in [0.5, 0.6) is 0 Å². The van der Waals surface area contributed by atoms with Gasteiger partial charge in [0.1, 0.15) is 0 Å². The van der Waals surface area contributed by atoms with Gasteiger partial charge < -0.3 is 15.4 Å². The molecule has 138 valence electrons. The maximum Gasteiger partial charge on any atom is 0.416 e. The summed E-state index contributed by atoms with van der Waals surface area (Å²) in [5, 5.41) is 5.25. The second kappa shape index (κ2) is 7.01. The van der Waals surface area contributed by atoms with E-state index >= 15 is 0 Å². The molecule has 2 aliphatic heterocycles. The summed E-state index contributed by atoms with van der Waals surface area (Å²) in [5.74, 6) is 0. The molecular formula is C16H19ClF3N3O2. The summed E-state index contributed by atoms with van der Waals surface area (Å²) in [6.07, 6.45) is -3.59. The summed E-state index contributed by atoms with van der Waals surface area (Å²) in [4.78, 5) is 14.4. The smallest absolute Gasteiger partial charge is 0.376 e. The van der Waals surface area contributed by atoms with Crippen LogP contribution in [0.4, 0.5) is 23.7 Å². The molecule has 0 unspecified atom stereocenters. The Labute approximate surface area is 148 Å². The minimum absolute atomic E-state index is 0.0502. The first-order valence-electron chi connectivity index (χ1n) is 8.02. The summed E-state index contributed by atoms with van der Waals surface area (Å²) in [7, 11) is 0. The van der Waals surface area contributed by atoms with E-state index in [1.807, 2.05) is 6.92 Å². The van der Waals surface area contributed by atoms with Gasteiger partial charge >= 0.3 is 12.2 Å². The number of urea groups is 1. The van der Waals surface area contributed by atoms with Gasteiger partial charge in [0.15, 0.2) is 0 Å². The van der Waals surface area contributed by atoms with E-state index in [1.165, 1.54) is 0 Å². The van der Waals surface area contributed by atoms with Crippen molar-refractivity contribution < 1.29 is 22.7 Å². The number of benzene rings is 1. The van der Waals surface area contributed by atoms with Crippen molar-refractivity contribution >= 4 is 23.3 Å². The van der Waals surface area contributed by atoms with E-state index in [9.17, 15) is 18.0 Å². The van der Waals surface area contributed by atoms with Gasteiger partial charge in [0.2, 0.25) is 0 Å². The van der Waals surface area contributed by atoms with Gasteiger partial charge in [-0.3, -0.25) is 4.90 Å². The number of hydrogen-bond donors (Lipinski definition) is 2. The Balaban J connectivity index is 1.60. The lowest BCUT2D eigenvalue weighted by Crippen LogP contribution is -2.45. The summed E-state index contributed by atoms with van der Waals surface area (Å²) in [5.41, 5.74) is -0.932. The molecule has 0 radical (unpaired) electrons. The molecule has 2 N–H and O–H groups in total. The number of anilines is 1. The van der Waals surface area contributed by atoms with E-state index in [2.05, 4.69) is 15.5 Å². The number of morpholine rings is 1. The number of fused-ring (bicyclic) bond motifs is 1. The minimum Gasteiger partial charge on any atom is -0.376 e. The summed E-state index contributed by atoms with van der Waals surface area (Å²) in [6, 6.07) is 2.44. The van der Waals surface area contributed by atoms with Gasteiger partial charge in [-0.05, 0) is 31.5 Å². The van der Waals surface area contributed by atoms with Crippen LogP contribution in [-0.2, 0) is 10.9 Å². The number of nitrogens with one attached hydrogen (secondary N) is 2. The van der Waals surface area contributed by atoms with Crippen LogP contribution in [0, 0.1) is 0 Å². The number of hydrogen-bond acceptors (Lipinski definition) is 3. The summed E-state index contributed by atoms with van der Waals surface area (Å²) < 4.78 is 43.9. The number of halogens is 4. The van der Waals surface area contributed by atoms with Crippen LogP contribution in [0.2, 0.25) is 5.02 Å². The number of carbonyl (C=O) groups excluding carboxylic acids is 1. The van der Waals surface area contributed by atoms with Crippen LogP contribution in [0.15, 0.2) is 18.2 Å². The number of alkyl halides is 3. The van der Waals surface area contributed by atoms with E-state index in [1.54, 1.807) is 0 Å². The molecule has 2 heterocycles. The lowest BCUT2D eigenvalue weighted by molar-refractivity contribution is -0.137. The van der Waals surface area contributed by atoms with Crippen molar-refractivity contribution in [3.8, 4) is 0 Å². The number of ether oxygens (including phenoxy) is 1. The molecule has 2 aliphatic rings. The molecule has 1 aromatic rings. The monoisotopic (exact) mass is 377 g/mol. The van der Waals surface area contributed by atoms with Crippen LogP contribution in [0.25, 0.3) is 0 Å². The molecule has 2 fully saturated rings. The van der Waals surface area contributed by atoms with Crippen molar-refractivity contribution in [2.45, 2.75) is 37.7 Å². The third kappa shape index (κ3) is 4.37. The van der Waals surface area contributed by atoms with Crippen molar-refractivity contribution in [3.05, 3.63) is 28.8 Å². The molecule has 0 spiro atoms. The second-order valence-electron chi connectivity index (χ2n) is 6.48. The van der Waals surface area contributed by atoms with Crippen LogP contribution in [0.3, 0.4) is 0 Å². The molecule has 2 amide bonds. The fourth-order valence-electron chi connectivity index (χ4n) is 3.29. The zero-order valence-corrected chi connectivity index (χ0v) is 14.3. The summed E-state index contributed by atoms with van der Waals surface area (Å²) in [6.45, 7) is 4.13. The zero-order chi connectivity index (χ0) is 18.2. The third-order valence-electron chi connectivity index (χ3n) is 4.47. The van der Waals surface area contributed by atoms with E-state index in [0.29, 0.717) is 13.2 Å². The van der Waals surface area contributed by atoms with Crippen LogP contribution < -0.4 is 10.6 Å². The first-order valence-corrected chi connectivity index (χ1v) is 8.40. The van der Waals surface area contributed by atoms with E-state index < -0.39 is 17.8 Å². The average Bonchev–Trinajstić information content (AvgIpc) is 2.89. The highest BCUT2D eigenvalue weighted by Crippen LogP contribution is 2.33. The Kier molecular flexibility index (Phi) is 5.13. The quantitative estimate of drug-likeness (QED) is 0.831. The Hall–Kier alpha value is -1.51. The van der Waals surface area contributed by atoms with Gasteiger partial charge in [-0.1, -0.05) is 11.6 Å². The number of nitrogens with zero attached hydrogens (tertiary/aromatic N) is 1. The molecule has 0 bridgehead atoms. The lowest BCUT2D eigenvalue weighted by atomic mass is 10.1. The van der Waals surface area contributed by atoms with Crippen LogP contribution in [-0.4, -0.2) is 48.8 Å². The van der Waals surface area contributed by atoms with Gasteiger partial charge in [-0.2, -0.15) is 13.2 Å². The molecule has 3 atom stereocenters. The molecule has 2 saturated heterocycles. The van der Waals surface area contributed by atoms with Gasteiger partial charge in [0, 0.05) is 25.2 Å². The average molecular weight is 378 g/mol. The molecule has 5 nitrogen and oxygen atoms in total. The SMILES string of the molecule is C[C@@H]1CN2C[C@@H](NC(=O)Nc3cc(C(F)(F)F)ccc3Cl)C[C@H]2CO1. The molecule has 0 aliphatic carbocycles. The lowest BCUT2D eigenvalue weighted by Gasteiger charge is -2.33. The number of carbonyl (C=O) groups is 1. The highest BCUT2D eigenvalue weighted by Gasteiger charge is 2.37. The Morgan fingerprint density at radius 3 is 2.84 bits per heavy atom. The molecule has 0 saturated carbocycles. The molecule has 0 aromatic heterocycles. The summed E-state index contributed by atoms with van der Waals surface area (Å²) >= 11 is 5.89. The maximum absolute atomic E-state index is 12.8. The van der Waals surface area contributed by atoms with Gasteiger partial charge in [-0.15, -0.1) is 0 Å². The predicted octanol–water partition coefficient (Wildman–Crippen LogP) is 3.34. The van der Waals surface area contributed by atoms with Crippen molar-refractivity contribution in [1.82, 2.24) is 10.2 Å². The molecule has 25 heavy (non-hydrogen) atoms.